The minimum absolute atomic E-state index is 0.0442. The molecule has 0 spiro atoms. The summed E-state index contributed by atoms with van der Waals surface area (Å²) in [6, 6.07) is 0. The van der Waals surface area contributed by atoms with Crippen molar-refractivity contribution in [2.75, 3.05) is 45.8 Å². The van der Waals surface area contributed by atoms with E-state index in [1.165, 1.54) is 4.90 Å². The number of nitrogens with two attached hydrogens (primary N) is 1. The largest absolute Gasteiger partial charge is 0.340 e. The molecule has 1 unspecified atom stereocenters. The Balaban J connectivity index is 2.09. The number of hydrogen-bond acceptors (Lipinski definition) is 6. The van der Waals surface area contributed by atoms with Crippen molar-refractivity contribution in [3.8, 4) is 0 Å². The van der Waals surface area contributed by atoms with E-state index in [9.17, 15) is 17.1 Å². The standard InChI is InChI=1S/C11H23FN4O3S/c12-20(18,19)10-8-11(17)16(9-10)7-6-15-4-1-3-14-5-2-13/h10,14-15H,1-9,13H2. The van der Waals surface area contributed by atoms with Crippen LogP contribution in [-0.2, 0) is 15.0 Å². The summed E-state index contributed by atoms with van der Waals surface area (Å²) >= 11 is 0. The lowest BCUT2D eigenvalue weighted by atomic mass is 10.4. The second-order valence-electron chi connectivity index (χ2n) is 4.78. The van der Waals surface area contributed by atoms with Crippen molar-refractivity contribution in [1.29, 1.82) is 0 Å². The lowest BCUT2D eigenvalue weighted by molar-refractivity contribution is -0.127. The molecule has 0 aromatic rings. The molecule has 1 fully saturated rings. The maximum atomic E-state index is 12.8. The molecule has 1 saturated heterocycles. The zero-order valence-corrected chi connectivity index (χ0v) is 12.3. The fourth-order valence-electron chi connectivity index (χ4n) is 2.05. The summed E-state index contributed by atoms with van der Waals surface area (Å²) in [6.07, 6.45) is 0.692. The molecule has 1 rings (SSSR count). The topological polar surface area (TPSA) is 105 Å². The first-order valence-corrected chi connectivity index (χ1v) is 8.22. The summed E-state index contributed by atoms with van der Waals surface area (Å²) in [5, 5.41) is 5.12. The fourth-order valence-corrected chi connectivity index (χ4v) is 2.74. The molecule has 4 N–H and O–H groups in total. The van der Waals surface area contributed by atoms with Gasteiger partial charge in [-0.25, -0.2) is 0 Å². The van der Waals surface area contributed by atoms with Crippen LogP contribution < -0.4 is 16.4 Å². The Labute approximate surface area is 119 Å². The molecule has 1 aliphatic rings. The van der Waals surface area contributed by atoms with E-state index in [4.69, 9.17) is 5.73 Å². The van der Waals surface area contributed by atoms with Gasteiger partial charge in [-0.15, -0.1) is 3.89 Å². The Morgan fingerprint density at radius 2 is 1.90 bits per heavy atom. The van der Waals surface area contributed by atoms with Crippen molar-refractivity contribution in [1.82, 2.24) is 15.5 Å². The molecule has 9 heteroatoms. The first-order chi connectivity index (χ1) is 9.45. The van der Waals surface area contributed by atoms with E-state index in [1.54, 1.807) is 0 Å². The average molecular weight is 310 g/mol. The van der Waals surface area contributed by atoms with Gasteiger partial charge in [0, 0.05) is 39.1 Å². The van der Waals surface area contributed by atoms with Crippen LogP contribution >= 0.6 is 0 Å². The van der Waals surface area contributed by atoms with Crippen LogP contribution in [0.25, 0.3) is 0 Å². The summed E-state index contributed by atoms with van der Waals surface area (Å²) in [6.45, 7) is 4.00. The number of carbonyl (C=O) groups excluding carboxylic acids is 1. The molecule has 7 nitrogen and oxygen atoms in total. The van der Waals surface area contributed by atoms with Crippen molar-refractivity contribution in [2.45, 2.75) is 18.1 Å². The second kappa shape index (κ2) is 8.50. The molecule has 0 radical (unpaired) electrons. The Kier molecular flexibility index (Phi) is 7.35. The third-order valence-electron chi connectivity index (χ3n) is 3.16. The van der Waals surface area contributed by atoms with Gasteiger partial charge in [0.1, 0.15) is 5.25 Å². The number of halogens is 1. The monoisotopic (exact) mass is 310 g/mol. The molecular weight excluding hydrogens is 287 g/mol. The van der Waals surface area contributed by atoms with Crippen LogP contribution in [0, 0.1) is 0 Å². The third kappa shape index (κ3) is 6.12. The van der Waals surface area contributed by atoms with Crippen LogP contribution in [0.2, 0.25) is 0 Å². The van der Waals surface area contributed by atoms with Crippen molar-refractivity contribution >= 4 is 16.1 Å². The molecule has 0 aliphatic carbocycles. The zero-order chi connectivity index (χ0) is 15.0. The molecule has 118 valence electrons. The normalized spacial score (nSPS) is 19.8. The maximum absolute atomic E-state index is 12.8. The maximum Gasteiger partial charge on any atom is 0.307 e. The lowest BCUT2D eigenvalue weighted by Gasteiger charge is -2.16. The number of amides is 1. The Hall–Kier alpha value is -0.770. The number of nitrogens with zero attached hydrogens (tertiary/aromatic N) is 1. The van der Waals surface area contributed by atoms with Gasteiger partial charge in [0.2, 0.25) is 5.91 Å². The summed E-state index contributed by atoms with van der Waals surface area (Å²) in [5.74, 6) is -0.303. The molecule has 1 atom stereocenters. The van der Waals surface area contributed by atoms with E-state index < -0.39 is 15.5 Å². The predicted octanol–water partition coefficient (Wildman–Crippen LogP) is -1.59. The second-order valence-corrected chi connectivity index (χ2v) is 6.40. The van der Waals surface area contributed by atoms with Gasteiger partial charge in [-0.05, 0) is 19.5 Å². The third-order valence-corrected chi connectivity index (χ3v) is 4.28. The van der Waals surface area contributed by atoms with E-state index in [0.29, 0.717) is 19.6 Å². The summed E-state index contributed by atoms with van der Waals surface area (Å²) in [5.41, 5.74) is 5.33. The average Bonchev–Trinajstić information content (AvgIpc) is 2.74. The van der Waals surface area contributed by atoms with Crippen molar-refractivity contribution in [3.05, 3.63) is 0 Å². The predicted molar refractivity (Wildman–Crippen MR) is 74.4 cm³/mol. The van der Waals surface area contributed by atoms with E-state index in [2.05, 4.69) is 10.6 Å². The van der Waals surface area contributed by atoms with Crippen LogP contribution in [0.4, 0.5) is 3.89 Å². The Bertz CT molecular complexity index is 404. The van der Waals surface area contributed by atoms with Crippen molar-refractivity contribution in [2.24, 2.45) is 5.73 Å². The molecule has 0 bridgehead atoms. The zero-order valence-electron chi connectivity index (χ0n) is 11.5. The van der Waals surface area contributed by atoms with Gasteiger partial charge in [-0.2, -0.15) is 8.42 Å². The highest BCUT2D eigenvalue weighted by atomic mass is 32.3. The highest BCUT2D eigenvalue weighted by molar-refractivity contribution is 7.87. The SMILES string of the molecule is NCCNCCCNCCN1CC(S(=O)(=O)F)CC1=O. The van der Waals surface area contributed by atoms with Crippen LogP contribution in [0.3, 0.4) is 0 Å². The minimum Gasteiger partial charge on any atom is -0.340 e. The fraction of sp³-hybridized carbons (Fsp3) is 0.909. The highest BCUT2D eigenvalue weighted by Crippen LogP contribution is 2.18. The molecule has 1 amide bonds. The summed E-state index contributed by atoms with van der Waals surface area (Å²) in [7, 11) is -4.62. The smallest absolute Gasteiger partial charge is 0.307 e. The van der Waals surface area contributed by atoms with Gasteiger partial charge < -0.3 is 21.3 Å². The van der Waals surface area contributed by atoms with Crippen LogP contribution in [0.15, 0.2) is 0 Å². The van der Waals surface area contributed by atoms with Crippen molar-refractivity contribution in [3.63, 3.8) is 0 Å². The molecular formula is C11H23FN4O3S. The number of rotatable bonds is 10. The first-order valence-electron chi connectivity index (χ1n) is 6.78. The molecule has 1 heterocycles. The van der Waals surface area contributed by atoms with Gasteiger partial charge in [0.25, 0.3) is 0 Å². The van der Waals surface area contributed by atoms with E-state index in [0.717, 1.165) is 26.1 Å². The van der Waals surface area contributed by atoms with E-state index in [1.807, 2.05) is 0 Å². The molecule has 0 saturated carbocycles. The highest BCUT2D eigenvalue weighted by Gasteiger charge is 2.37. The van der Waals surface area contributed by atoms with Gasteiger partial charge in [0.05, 0.1) is 0 Å². The van der Waals surface area contributed by atoms with Crippen LogP contribution in [0.5, 0.6) is 0 Å². The van der Waals surface area contributed by atoms with Gasteiger partial charge in [-0.1, -0.05) is 0 Å². The van der Waals surface area contributed by atoms with Gasteiger partial charge in [-0.3, -0.25) is 4.79 Å². The molecule has 20 heavy (non-hydrogen) atoms. The Morgan fingerprint density at radius 1 is 1.25 bits per heavy atom. The van der Waals surface area contributed by atoms with Crippen molar-refractivity contribution < 1.29 is 17.1 Å². The molecule has 1 aliphatic heterocycles. The quantitative estimate of drug-likeness (QED) is 0.332. The van der Waals surface area contributed by atoms with E-state index >= 15 is 0 Å². The van der Waals surface area contributed by atoms with Crippen LogP contribution in [-0.4, -0.2) is 70.3 Å². The van der Waals surface area contributed by atoms with Gasteiger partial charge >= 0.3 is 10.2 Å². The summed E-state index contributed by atoms with van der Waals surface area (Å²) < 4.78 is 34.3. The minimum atomic E-state index is -4.62. The Morgan fingerprint density at radius 3 is 2.45 bits per heavy atom. The van der Waals surface area contributed by atoms with E-state index in [-0.39, 0.29) is 18.9 Å². The first kappa shape index (κ1) is 17.3. The number of likely N-dealkylation sites (tertiary alicyclic amines) is 1. The summed E-state index contributed by atoms with van der Waals surface area (Å²) in [4.78, 5) is 12.9. The number of carbonyl (C=O) groups is 1. The van der Waals surface area contributed by atoms with Gasteiger partial charge in [0.15, 0.2) is 0 Å². The number of nitrogens with one attached hydrogen (secondary N) is 2. The lowest BCUT2D eigenvalue weighted by Crippen LogP contribution is -2.35. The number of hydrogen-bond donors (Lipinski definition) is 3. The molecule has 0 aromatic heterocycles. The van der Waals surface area contributed by atoms with Crippen LogP contribution in [0.1, 0.15) is 12.8 Å². The molecule has 0 aromatic carbocycles.